The Hall–Kier alpha value is -1.26. The molecule has 0 N–H and O–H groups in total. The molecule has 0 aliphatic carbocycles. The highest BCUT2D eigenvalue weighted by atomic mass is 19.1. The van der Waals surface area contributed by atoms with E-state index in [1.165, 1.54) is 31.9 Å². The van der Waals surface area contributed by atoms with Crippen LogP contribution >= 0.6 is 0 Å². The molecule has 1 unspecified atom stereocenters. The topological polar surface area (TPSA) is 23.6 Å². The summed E-state index contributed by atoms with van der Waals surface area (Å²) in [4.78, 5) is 17.1. The summed E-state index contributed by atoms with van der Waals surface area (Å²) in [5, 5.41) is 0. The third-order valence-corrected chi connectivity index (χ3v) is 4.75. The van der Waals surface area contributed by atoms with Gasteiger partial charge in [-0.3, -0.25) is 9.69 Å². The Morgan fingerprint density at radius 2 is 2.05 bits per heavy atom. The minimum atomic E-state index is -0.403. The van der Waals surface area contributed by atoms with E-state index in [2.05, 4.69) is 9.80 Å². The van der Waals surface area contributed by atoms with Gasteiger partial charge in [-0.05, 0) is 31.5 Å². The Labute approximate surface area is 125 Å². The van der Waals surface area contributed by atoms with Crippen LogP contribution in [0, 0.1) is 5.82 Å². The van der Waals surface area contributed by atoms with Crippen LogP contribution in [0.15, 0.2) is 24.3 Å². The van der Waals surface area contributed by atoms with E-state index >= 15 is 0 Å². The summed E-state index contributed by atoms with van der Waals surface area (Å²) in [5.41, 5.74) is 0.230. The lowest BCUT2D eigenvalue weighted by atomic mass is 9.99. The van der Waals surface area contributed by atoms with E-state index in [-0.39, 0.29) is 11.3 Å². The summed E-state index contributed by atoms with van der Waals surface area (Å²) in [6.45, 7) is 5.17. The van der Waals surface area contributed by atoms with Gasteiger partial charge < -0.3 is 4.90 Å². The zero-order chi connectivity index (χ0) is 14.7. The molecule has 1 aromatic carbocycles. The van der Waals surface area contributed by atoms with E-state index in [0.29, 0.717) is 12.5 Å². The Bertz CT molecular complexity index is 505. The van der Waals surface area contributed by atoms with E-state index in [9.17, 15) is 9.18 Å². The largest absolute Gasteiger partial charge is 0.300 e. The molecule has 0 radical (unpaired) electrons. The van der Waals surface area contributed by atoms with E-state index < -0.39 is 5.82 Å². The number of rotatable bonds is 4. The number of piperazine rings is 1. The van der Waals surface area contributed by atoms with Crippen LogP contribution in [0.4, 0.5) is 4.39 Å². The molecule has 0 spiro atoms. The molecule has 0 amide bonds. The monoisotopic (exact) mass is 290 g/mol. The van der Waals surface area contributed by atoms with Gasteiger partial charge in [-0.1, -0.05) is 18.6 Å². The minimum Gasteiger partial charge on any atom is -0.300 e. The highest BCUT2D eigenvalue weighted by Crippen LogP contribution is 2.21. The van der Waals surface area contributed by atoms with Crippen molar-refractivity contribution >= 4 is 5.78 Å². The summed E-state index contributed by atoms with van der Waals surface area (Å²) >= 11 is 0. The molecule has 2 fully saturated rings. The number of hydrogen-bond acceptors (Lipinski definition) is 3. The molecule has 114 valence electrons. The number of nitrogens with zero attached hydrogens (tertiary/aromatic N) is 2. The third kappa shape index (κ3) is 3.50. The van der Waals surface area contributed by atoms with Crippen molar-refractivity contribution in [3.8, 4) is 0 Å². The third-order valence-electron chi connectivity index (χ3n) is 4.75. The number of piperidine rings is 1. The lowest BCUT2D eigenvalue weighted by molar-refractivity contribution is 0.0480. The highest BCUT2D eigenvalue weighted by molar-refractivity contribution is 5.96. The second kappa shape index (κ2) is 6.67. The van der Waals surface area contributed by atoms with Crippen LogP contribution in [0.1, 0.15) is 36.0 Å². The van der Waals surface area contributed by atoms with Crippen LogP contribution in [0.5, 0.6) is 0 Å². The molecule has 3 nitrogen and oxygen atoms in total. The van der Waals surface area contributed by atoms with Crippen LogP contribution in [0.3, 0.4) is 0 Å². The first-order valence-electron chi connectivity index (χ1n) is 7.98. The first-order valence-corrected chi connectivity index (χ1v) is 7.98. The molecule has 21 heavy (non-hydrogen) atoms. The van der Waals surface area contributed by atoms with Crippen molar-refractivity contribution in [2.45, 2.75) is 31.7 Å². The molecule has 4 heteroatoms. The first-order chi connectivity index (χ1) is 10.2. The molecule has 1 atom stereocenters. The van der Waals surface area contributed by atoms with Crippen LogP contribution in [-0.2, 0) is 0 Å². The number of halogens is 1. The van der Waals surface area contributed by atoms with Gasteiger partial charge in [0.05, 0.1) is 5.56 Å². The number of Topliss-reactive ketones (excluding diaryl/α,β-unsaturated/α-hetero) is 1. The molecule has 2 saturated heterocycles. The average Bonchev–Trinajstić information content (AvgIpc) is 2.53. The second-order valence-electron chi connectivity index (χ2n) is 6.14. The van der Waals surface area contributed by atoms with Crippen molar-refractivity contribution in [3.05, 3.63) is 35.6 Å². The molecular weight excluding hydrogens is 267 g/mol. The summed E-state index contributed by atoms with van der Waals surface area (Å²) in [7, 11) is 0. The fourth-order valence-electron chi connectivity index (χ4n) is 3.51. The highest BCUT2D eigenvalue weighted by Gasteiger charge is 2.28. The van der Waals surface area contributed by atoms with Crippen molar-refractivity contribution in [1.82, 2.24) is 9.80 Å². The fourth-order valence-corrected chi connectivity index (χ4v) is 3.51. The second-order valence-corrected chi connectivity index (χ2v) is 6.14. The molecule has 1 aromatic rings. The predicted molar refractivity (Wildman–Crippen MR) is 81.0 cm³/mol. The molecule has 3 rings (SSSR count). The number of fused-ring (bicyclic) bond motifs is 1. The van der Waals surface area contributed by atoms with Crippen molar-refractivity contribution in [1.29, 1.82) is 0 Å². The van der Waals surface area contributed by atoms with Crippen LogP contribution in [-0.4, -0.2) is 54.3 Å². The average molecular weight is 290 g/mol. The summed E-state index contributed by atoms with van der Waals surface area (Å²) in [6.07, 6.45) is 4.33. The predicted octanol–water partition coefficient (Wildman–Crippen LogP) is 2.57. The van der Waals surface area contributed by atoms with Gasteiger partial charge in [-0.2, -0.15) is 0 Å². The lowest BCUT2D eigenvalue weighted by Crippen LogP contribution is -2.54. The van der Waals surface area contributed by atoms with Gasteiger partial charge in [0.1, 0.15) is 5.82 Å². The van der Waals surface area contributed by atoms with Crippen molar-refractivity contribution < 1.29 is 9.18 Å². The maximum absolute atomic E-state index is 13.6. The number of ketones is 1. The van der Waals surface area contributed by atoms with Crippen molar-refractivity contribution in [2.75, 3.05) is 32.7 Å². The quantitative estimate of drug-likeness (QED) is 0.796. The smallest absolute Gasteiger partial charge is 0.167 e. The number of carbonyl (C=O) groups excluding carboxylic acids is 1. The number of hydrogen-bond donors (Lipinski definition) is 0. The van der Waals surface area contributed by atoms with E-state index in [1.807, 2.05) is 0 Å². The van der Waals surface area contributed by atoms with Crippen molar-refractivity contribution in [2.24, 2.45) is 0 Å². The Balaban J connectivity index is 1.51. The molecule has 2 heterocycles. The fraction of sp³-hybridized carbons (Fsp3) is 0.588. The van der Waals surface area contributed by atoms with E-state index in [1.54, 1.807) is 18.2 Å². The molecule has 0 aromatic heterocycles. The van der Waals surface area contributed by atoms with Crippen LogP contribution < -0.4 is 0 Å². The van der Waals surface area contributed by atoms with Crippen LogP contribution in [0.2, 0.25) is 0 Å². The summed E-state index contributed by atoms with van der Waals surface area (Å²) in [6, 6.07) is 6.94. The van der Waals surface area contributed by atoms with Gasteiger partial charge in [-0.15, -0.1) is 0 Å². The van der Waals surface area contributed by atoms with E-state index in [4.69, 9.17) is 0 Å². The van der Waals surface area contributed by atoms with Gasteiger partial charge in [0.25, 0.3) is 0 Å². The molecule has 0 bridgehead atoms. The maximum Gasteiger partial charge on any atom is 0.167 e. The minimum absolute atomic E-state index is 0.0841. The summed E-state index contributed by atoms with van der Waals surface area (Å²) < 4.78 is 13.6. The zero-order valence-corrected chi connectivity index (χ0v) is 12.4. The van der Waals surface area contributed by atoms with Gasteiger partial charge in [0, 0.05) is 38.6 Å². The molecule has 2 aliphatic rings. The first kappa shape index (κ1) is 14.7. The van der Waals surface area contributed by atoms with Gasteiger partial charge in [0.2, 0.25) is 0 Å². The van der Waals surface area contributed by atoms with Crippen LogP contribution in [0.25, 0.3) is 0 Å². The zero-order valence-electron chi connectivity index (χ0n) is 12.4. The molecular formula is C17H23FN2O. The van der Waals surface area contributed by atoms with Crippen molar-refractivity contribution in [3.63, 3.8) is 0 Å². The Morgan fingerprint density at radius 1 is 1.19 bits per heavy atom. The normalized spacial score (nSPS) is 23.8. The maximum atomic E-state index is 13.6. The van der Waals surface area contributed by atoms with Gasteiger partial charge in [-0.25, -0.2) is 4.39 Å². The van der Waals surface area contributed by atoms with Gasteiger partial charge >= 0.3 is 0 Å². The number of benzene rings is 1. The van der Waals surface area contributed by atoms with E-state index in [0.717, 1.165) is 26.2 Å². The molecule has 2 aliphatic heterocycles. The Kier molecular flexibility index (Phi) is 4.66. The molecule has 0 saturated carbocycles. The summed E-state index contributed by atoms with van der Waals surface area (Å²) in [5.74, 6) is -0.487. The standard InChI is InChI=1S/C17H23FN2O/c18-16-7-2-1-6-15(16)17(21)8-10-19-11-12-20-9-4-3-5-14(20)13-19/h1-2,6-7,14H,3-5,8-13H2. The SMILES string of the molecule is O=C(CCN1CCN2CCCCC2C1)c1ccccc1F. The number of carbonyl (C=O) groups is 1. The lowest BCUT2D eigenvalue weighted by Gasteiger charge is -2.44. The Morgan fingerprint density at radius 3 is 2.90 bits per heavy atom. The van der Waals surface area contributed by atoms with Gasteiger partial charge in [0.15, 0.2) is 5.78 Å².